The Morgan fingerprint density at radius 3 is 2.33 bits per heavy atom. The van der Waals surface area contributed by atoms with Gasteiger partial charge in [0, 0.05) is 6.42 Å². The van der Waals surface area contributed by atoms with Crippen LogP contribution in [0.15, 0.2) is 0 Å². The Bertz CT molecular complexity index is 385. The predicted octanol–water partition coefficient (Wildman–Crippen LogP) is 0.591. The Kier molecular flexibility index (Phi) is 6.61. The predicted molar refractivity (Wildman–Crippen MR) is 75.9 cm³/mol. The number of carboxylic acids is 2. The minimum absolute atomic E-state index is 0.100. The van der Waals surface area contributed by atoms with Crippen molar-refractivity contribution in [2.24, 2.45) is 5.41 Å². The quantitative estimate of drug-likeness (QED) is 0.521. The molecule has 0 spiro atoms. The van der Waals surface area contributed by atoms with E-state index in [0.29, 0.717) is 19.3 Å². The number of carbonyl (C=O) groups excluding carboxylic acids is 1. The molecule has 1 rings (SSSR count). The third-order valence-electron chi connectivity index (χ3n) is 4.02. The van der Waals surface area contributed by atoms with Crippen LogP contribution in [0.1, 0.15) is 45.4 Å². The summed E-state index contributed by atoms with van der Waals surface area (Å²) in [5, 5.41) is 23.5. The van der Waals surface area contributed by atoms with E-state index in [-0.39, 0.29) is 18.7 Å². The lowest BCUT2D eigenvalue weighted by Crippen LogP contribution is -2.52. The van der Waals surface area contributed by atoms with Gasteiger partial charge in [-0.15, -0.1) is 0 Å². The SMILES string of the molecule is CCCC1(C(=O)N[C@@H](CCC(=O)O)C(=O)O)CCNCC1. The van der Waals surface area contributed by atoms with Crippen molar-refractivity contribution >= 4 is 17.8 Å². The Hall–Kier alpha value is -1.63. The van der Waals surface area contributed by atoms with E-state index >= 15 is 0 Å². The fraction of sp³-hybridized carbons (Fsp3) is 0.786. The molecule has 1 aliphatic rings. The van der Waals surface area contributed by atoms with Crippen molar-refractivity contribution in [3.63, 3.8) is 0 Å². The molecule has 0 aliphatic carbocycles. The zero-order valence-electron chi connectivity index (χ0n) is 12.4. The number of nitrogens with one attached hydrogen (secondary N) is 2. The smallest absolute Gasteiger partial charge is 0.326 e. The van der Waals surface area contributed by atoms with Crippen LogP contribution in [0.3, 0.4) is 0 Å². The number of hydrogen-bond donors (Lipinski definition) is 4. The third-order valence-corrected chi connectivity index (χ3v) is 4.02. The van der Waals surface area contributed by atoms with E-state index in [4.69, 9.17) is 10.2 Å². The molecule has 0 aromatic heterocycles. The lowest BCUT2D eigenvalue weighted by atomic mass is 9.74. The summed E-state index contributed by atoms with van der Waals surface area (Å²) in [6.45, 7) is 3.47. The van der Waals surface area contributed by atoms with Crippen molar-refractivity contribution in [2.75, 3.05) is 13.1 Å². The maximum Gasteiger partial charge on any atom is 0.326 e. The first-order valence-corrected chi connectivity index (χ1v) is 7.37. The molecule has 0 aromatic carbocycles. The van der Waals surface area contributed by atoms with Gasteiger partial charge in [0.1, 0.15) is 6.04 Å². The Balaban J connectivity index is 2.72. The van der Waals surface area contributed by atoms with Crippen LogP contribution in [0.4, 0.5) is 0 Å². The number of hydrogen-bond acceptors (Lipinski definition) is 4. The van der Waals surface area contributed by atoms with Crippen LogP contribution in [0, 0.1) is 5.41 Å². The molecule has 0 radical (unpaired) electrons. The van der Waals surface area contributed by atoms with Crippen molar-refractivity contribution in [1.29, 1.82) is 0 Å². The summed E-state index contributed by atoms with van der Waals surface area (Å²) in [6, 6.07) is -1.14. The molecule has 0 bridgehead atoms. The van der Waals surface area contributed by atoms with E-state index in [9.17, 15) is 14.4 Å². The van der Waals surface area contributed by atoms with Crippen molar-refractivity contribution in [2.45, 2.75) is 51.5 Å². The second-order valence-electron chi connectivity index (χ2n) is 5.58. The monoisotopic (exact) mass is 300 g/mol. The molecule has 7 heteroatoms. The molecular formula is C14H24N2O5. The summed E-state index contributed by atoms with van der Waals surface area (Å²) in [6.07, 6.45) is 2.54. The van der Waals surface area contributed by atoms with Crippen molar-refractivity contribution in [1.82, 2.24) is 10.6 Å². The summed E-state index contributed by atoms with van der Waals surface area (Å²) in [5.41, 5.74) is -0.531. The second-order valence-corrected chi connectivity index (χ2v) is 5.58. The molecule has 1 fully saturated rings. The van der Waals surface area contributed by atoms with Crippen LogP contribution in [0.25, 0.3) is 0 Å². The molecule has 0 aromatic rings. The van der Waals surface area contributed by atoms with E-state index in [2.05, 4.69) is 10.6 Å². The summed E-state index contributed by atoms with van der Waals surface area (Å²) < 4.78 is 0. The van der Waals surface area contributed by atoms with Crippen LogP contribution in [0.5, 0.6) is 0 Å². The van der Waals surface area contributed by atoms with Crippen LogP contribution in [-0.2, 0) is 14.4 Å². The van der Waals surface area contributed by atoms with Gasteiger partial charge in [0.2, 0.25) is 5.91 Å². The molecule has 21 heavy (non-hydrogen) atoms. The maximum atomic E-state index is 12.5. The number of amides is 1. The van der Waals surface area contributed by atoms with Crippen LogP contribution in [0.2, 0.25) is 0 Å². The first-order valence-electron chi connectivity index (χ1n) is 7.37. The van der Waals surface area contributed by atoms with Gasteiger partial charge in [-0.3, -0.25) is 9.59 Å². The van der Waals surface area contributed by atoms with E-state index in [0.717, 1.165) is 19.5 Å². The zero-order chi connectivity index (χ0) is 15.9. The fourth-order valence-corrected chi connectivity index (χ4v) is 2.81. The molecule has 4 N–H and O–H groups in total. The minimum Gasteiger partial charge on any atom is -0.481 e. The molecule has 1 saturated heterocycles. The highest BCUT2D eigenvalue weighted by atomic mass is 16.4. The van der Waals surface area contributed by atoms with Crippen molar-refractivity contribution in [3.8, 4) is 0 Å². The number of rotatable bonds is 8. The fourth-order valence-electron chi connectivity index (χ4n) is 2.81. The van der Waals surface area contributed by atoms with Gasteiger partial charge in [0.25, 0.3) is 0 Å². The van der Waals surface area contributed by atoms with Gasteiger partial charge in [-0.2, -0.15) is 0 Å². The number of carboxylic acid groups (broad SMARTS) is 2. The molecule has 1 amide bonds. The van der Waals surface area contributed by atoms with Gasteiger partial charge in [-0.25, -0.2) is 4.79 Å². The maximum absolute atomic E-state index is 12.5. The Labute approximate surface area is 124 Å². The minimum atomic E-state index is -1.19. The summed E-state index contributed by atoms with van der Waals surface area (Å²) >= 11 is 0. The normalized spacial score (nSPS) is 18.7. The molecular weight excluding hydrogens is 276 g/mol. The highest BCUT2D eigenvalue weighted by Gasteiger charge is 2.40. The van der Waals surface area contributed by atoms with Gasteiger partial charge in [-0.1, -0.05) is 13.3 Å². The van der Waals surface area contributed by atoms with E-state index < -0.39 is 23.4 Å². The molecule has 1 aliphatic heterocycles. The summed E-state index contributed by atoms with van der Waals surface area (Å²) in [7, 11) is 0. The Morgan fingerprint density at radius 2 is 1.86 bits per heavy atom. The van der Waals surface area contributed by atoms with Gasteiger partial charge in [-0.05, 0) is 38.8 Å². The first-order chi connectivity index (χ1) is 9.91. The highest BCUT2D eigenvalue weighted by molar-refractivity contribution is 5.87. The van der Waals surface area contributed by atoms with Crippen molar-refractivity contribution < 1.29 is 24.6 Å². The van der Waals surface area contributed by atoms with E-state index in [1.165, 1.54) is 0 Å². The molecule has 0 saturated carbocycles. The van der Waals surface area contributed by atoms with Crippen LogP contribution >= 0.6 is 0 Å². The standard InChI is InChI=1S/C14H24N2O5/c1-2-5-14(6-8-15-9-7-14)13(21)16-10(12(19)20)3-4-11(17)18/h10,15H,2-9H2,1H3,(H,16,21)(H,17,18)(H,19,20)/t10-/m0/s1. The second kappa shape index (κ2) is 7.97. The largest absolute Gasteiger partial charge is 0.481 e. The van der Waals surface area contributed by atoms with E-state index in [1.54, 1.807) is 0 Å². The molecule has 0 unspecified atom stereocenters. The van der Waals surface area contributed by atoms with E-state index in [1.807, 2.05) is 6.92 Å². The molecule has 1 atom stereocenters. The van der Waals surface area contributed by atoms with Crippen LogP contribution < -0.4 is 10.6 Å². The average molecular weight is 300 g/mol. The lowest BCUT2D eigenvalue weighted by Gasteiger charge is -2.37. The molecule has 1 heterocycles. The van der Waals surface area contributed by atoms with Gasteiger partial charge in [0.15, 0.2) is 0 Å². The summed E-state index contributed by atoms with van der Waals surface area (Å²) in [4.78, 5) is 34.3. The highest BCUT2D eigenvalue weighted by Crippen LogP contribution is 2.34. The number of aliphatic carboxylic acids is 2. The third kappa shape index (κ3) is 5.00. The molecule has 7 nitrogen and oxygen atoms in total. The average Bonchev–Trinajstić information content (AvgIpc) is 2.43. The Morgan fingerprint density at radius 1 is 1.24 bits per heavy atom. The van der Waals surface area contributed by atoms with Gasteiger partial charge >= 0.3 is 11.9 Å². The molecule has 120 valence electrons. The number of carbonyl (C=O) groups is 3. The van der Waals surface area contributed by atoms with Gasteiger partial charge < -0.3 is 20.8 Å². The van der Waals surface area contributed by atoms with Gasteiger partial charge in [0.05, 0.1) is 5.41 Å². The lowest BCUT2D eigenvalue weighted by molar-refractivity contribution is -0.145. The number of piperidine rings is 1. The topological polar surface area (TPSA) is 116 Å². The van der Waals surface area contributed by atoms with Crippen LogP contribution in [-0.4, -0.2) is 47.2 Å². The first kappa shape index (κ1) is 17.4. The zero-order valence-corrected chi connectivity index (χ0v) is 12.4. The summed E-state index contributed by atoms with van der Waals surface area (Å²) in [5.74, 6) is -2.52. The van der Waals surface area contributed by atoms with Crippen molar-refractivity contribution in [3.05, 3.63) is 0 Å².